The lowest BCUT2D eigenvalue weighted by atomic mass is 10.1. The first-order valence-corrected chi connectivity index (χ1v) is 5.87. The summed E-state index contributed by atoms with van der Waals surface area (Å²) in [5, 5.41) is 7.03. The number of piperidine rings is 1. The van der Waals surface area contributed by atoms with E-state index in [9.17, 15) is 0 Å². The number of hydrogen-bond donors (Lipinski definition) is 2. The fourth-order valence-corrected chi connectivity index (χ4v) is 1.88. The summed E-state index contributed by atoms with van der Waals surface area (Å²) in [5.74, 6) is 0. The van der Waals surface area contributed by atoms with Gasteiger partial charge in [-0.1, -0.05) is 26.2 Å². The van der Waals surface area contributed by atoms with Crippen molar-refractivity contribution in [3.8, 4) is 0 Å². The molecule has 5 heteroatoms. The van der Waals surface area contributed by atoms with E-state index in [2.05, 4.69) is 17.6 Å². The predicted molar refractivity (Wildman–Crippen MR) is 76.1 cm³/mol. The highest BCUT2D eigenvalue weighted by molar-refractivity contribution is 5.85. The molecule has 1 saturated heterocycles. The summed E-state index contributed by atoms with van der Waals surface area (Å²) in [4.78, 5) is 0. The molecule has 0 bridgehead atoms. The standard InChI is InChI=1S/C11H24N2.2ClH.H2O/c1-2-3-4-5-8-13-11-6-9-12-10-7-11;;;/h11-13H,2-10H2,1H3;2*1H;1H2. The van der Waals surface area contributed by atoms with E-state index >= 15 is 0 Å². The van der Waals surface area contributed by atoms with Crippen LogP contribution in [0, 0.1) is 0 Å². The Labute approximate surface area is 112 Å². The van der Waals surface area contributed by atoms with E-state index < -0.39 is 0 Å². The fourth-order valence-electron chi connectivity index (χ4n) is 1.88. The van der Waals surface area contributed by atoms with Gasteiger partial charge in [-0.15, -0.1) is 24.8 Å². The normalized spacial score (nSPS) is 15.6. The van der Waals surface area contributed by atoms with Gasteiger partial charge in [0.25, 0.3) is 0 Å². The van der Waals surface area contributed by atoms with Crippen LogP contribution in [0.5, 0.6) is 0 Å². The molecule has 0 aromatic heterocycles. The molecule has 102 valence electrons. The summed E-state index contributed by atoms with van der Waals surface area (Å²) >= 11 is 0. The molecule has 1 aliphatic heterocycles. The minimum Gasteiger partial charge on any atom is -0.412 e. The Morgan fingerprint density at radius 3 is 2.25 bits per heavy atom. The summed E-state index contributed by atoms with van der Waals surface area (Å²) in [7, 11) is 0. The van der Waals surface area contributed by atoms with Crippen molar-refractivity contribution in [2.24, 2.45) is 0 Å². The van der Waals surface area contributed by atoms with Crippen molar-refractivity contribution in [3.05, 3.63) is 0 Å². The second-order valence-corrected chi connectivity index (χ2v) is 4.04. The van der Waals surface area contributed by atoms with Crippen molar-refractivity contribution >= 4 is 24.8 Å². The first kappa shape index (κ1) is 21.7. The van der Waals surface area contributed by atoms with E-state index in [1.807, 2.05) is 0 Å². The number of nitrogens with one attached hydrogen (secondary N) is 2. The van der Waals surface area contributed by atoms with Crippen LogP contribution in [0.2, 0.25) is 0 Å². The molecule has 3 nitrogen and oxygen atoms in total. The van der Waals surface area contributed by atoms with Gasteiger partial charge in [0.05, 0.1) is 0 Å². The molecule has 16 heavy (non-hydrogen) atoms. The van der Waals surface area contributed by atoms with E-state index in [0.29, 0.717) is 0 Å². The molecular formula is C11H28Cl2N2O. The second kappa shape index (κ2) is 15.5. The van der Waals surface area contributed by atoms with Gasteiger partial charge in [-0.25, -0.2) is 0 Å². The molecule has 0 radical (unpaired) electrons. The van der Waals surface area contributed by atoms with Gasteiger partial charge < -0.3 is 16.1 Å². The molecule has 0 spiro atoms. The highest BCUT2D eigenvalue weighted by Gasteiger charge is 2.10. The van der Waals surface area contributed by atoms with Crippen LogP contribution >= 0.6 is 24.8 Å². The Hall–Kier alpha value is 0.460. The smallest absolute Gasteiger partial charge is 0.00912 e. The number of unbranched alkanes of at least 4 members (excludes halogenated alkanes) is 3. The Balaban J connectivity index is -0.000000563. The first-order valence-electron chi connectivity index (χ1n) is 5.87. The zero-order valence-corrected chi connectivity index (χ0v) is 11.9. The number of rotatable bonds is 6. The molecule has 0 aliphatic carbocycles. The van der Waals surface area contributed by atoms with Crippen molar-refractivity contribution in [2.75, 3.05) is 19.6 Å². The van der Waals surface area contributed by atoms with Gasteiger partial charge in [-0.2, -0.15) is 0 Å². The molecule has 0 saturated carbocycles. The molecule has 0 unspecified atom stereocenters. The maximum atomic E-state index is 3.64. The summed E-state index contributed by atoms with van der Waals surface area (Å²) in [5.41, 5.74) is 0. The zero-order chi connectivity index (χ0) is 9.36. The van der Waals surface area contributed by atoms with Crippen molar-refractivity contribution in [1.82, 2.24) is 10.6 Å². The Morgan fingerprint density at radius 1 is 1.06 bits per heavy atom. The quantitative estimate of drug-likeness (QED) is 0.728. The topological polar surface area (TPSA) is 55.6 Å². The molecule has 1 fully saturated rings. The SMILES string of the molecule is CCCCCCNC1CCNCC1.Cl.Cl.O. The van der Waals surface area contributed by atoms with E-state index in [1.54, 1.807) is 0 Å². The minimum atomic E-state index is 0. The Bertz CT molecular complexity index is 123. The minimum absolute atomic E-state index is 0. The predicted octanol–water partition coefficient (Wildman–Crippen LogP) is 1.93. The van der Waals surface area contributed by atoms with Crippen LogP contribution in [0.15, 0.2) is 0 Å². The summed E-state index contributed by atoms with van der Waals surface area (Å²) < 4.78 is 0. The van der Waals surface area contributed by atoms with Gasteiger partial charge in [0.1, 0.15) is 0 Å². The van der Waals surface area contributed by atoms with Crippen molar-refractivity contribution in [2.45, 2.75) is 51.5 Å². The third-order valence-electron chi connectivity index (χ3n) is 2.80. The van der Waals surface area contributed by atoms with Crippen molar-refractivity contribution < 1.29 is 5.48 Å². The van der Waals surface area contributed by atoms with E-state index in [1.165, 1.54) is 58.2 Å². The van der Waals surface area contributed by atoms with Gasteiger partial charge in [-0.05, 0) is 38.9 Å². The number of halogens is 2. The molecular weight excluding hydrogens is 247 g/mol. The van der Waals surface area contributed by atoms with Crippen LogP contribution in [0.1, 0.15) is 45.4 Å². The molecule has 4 N–H and O–H groups in total. The van der Waals surface area contributed by atoms with E-state index in [0.717, 1.165) is 6.04 Å². The van der Waals surface area contributed by atoms with Gasteiger partial charge in [-0.3, -0.25) is 0 Å². The van der Waals surface area contributed by atoms with E-state index in [-0.39, 0.29) is 30.3 Å². The van der Waals surface area contributed by atoms with E-state index in [4.69, 9.17) is 0 Å². The second-order valence-electron chi connectivity index (χ2n) is 4.04. The Kier molecular flexibility index (Phi) is 21.0. The monoisotopic (exact) mass is 274 g/mol. The highest BCUT2D eigenvalue weighted by atomic mass is 35.5. The lowest BCUT2D eigenvalue weighted by Gasteiger charge is -2.23. The van der Waals surface area contributed by atoms with Crippen LogP contribution in [0.4, 0.5) is 0 Å². The molecule has 1 rings (SSSR count). The molecule has 0 aromatic carbocycles. The largest absolute Gasteiger partial charge is 0.412 e. The average molecular weight is 275 g/mol. The zero-order valence-electron chi connectivity index (χ0n) is 10.3. The first-order chi connectivity index (χ1) is 6.43. The molecule has 1 heterocycles. The average Bonchev–Trinajstić information content (AvgIpc) is 2.19. The fraction of sp³-hybridized carbons (Fsp3) is 1.00. The van der Waals surface area contributed by atoms with Crippen molar-refractivity contribution in [3.63, 3.8) is 0 Å². The maximum absolute atomic E-state index is 3.64. The van der Waals surface area contributed by atoms with Gasteiger partial charge >= 0.3 is 0 Å². The molecule has 1 aliphatic rings. The molecule has 0 amide bonds. The third kappa shape index (κ3) is 11.0. The summed E-state index contributed by atoms with van der Waals surface area (Å²) in [6, 6.07) is 0.794. The van der Waals surface area contributed by atoms with Crippen LogP contribution in [0.25, 0.3) is 0 Å². The Morgan fingerprint density at radius 2 is 1.69 bits per heavy atom. The van der Waals surface area contributed by atoms with Crippen LogP contribution in [0.3, 0.4) is 0 Å². The molecule has 0 atom stereocenters. The van der Waals surface area contributed by atoms with Gasteiger partial charge in [0.15, 0.2) is 0 Å². The van der Waals surface area contributed by atoms with Gasteiger partial charge in [0, 0.05) is 6.04 Å². The summed E-state index contributed by atoms with van der Waals surface area (Å²) in [6.45, 7) is 5.89. The van der Waals surface area contributed by atoms with Crippen LogP contribution < -0.4 is 10.6 Å². The van der Waals surface area contributed by atoms with Crippen molar-refractivity contribution in [1.29, 1.82) is 0 Å². The van der Waals surface area contributed by atoms with Crippen LogP contribution in [-0.2, 0) is 0 Å². The molecule has 0 aromatic rings. The lowest BCUT2D eigenvalue weighted by Crippen LogP contribution is -2.40. The van der Waals surface area contributed by atoms with Gasteiger partial charge in [0.2, 0.25) is 0 Å². The highest BCUT2D eigenvalue weighted by Crippen LogP contribution is 2.03. The maximum Gasteiger partial charge on any atom is 0.00912 e. The van der Waals surface area contributed by atoms with Crippen LogP contribution in [-0.4, -0.2) is 31.2 Å². The number of hydrogen-bond acceptors (Lipinski definition) is 2. The summed E-state index contributed by atoms with van der Waals surface area (Å²) in [6.07, 6.45) is 8.12. The third-order valence-corrected chi connectivity index (χ3v) is 2.80. The lowest BCUT2D eigenvalue weighted by molar-refractivity contribution is 0.383.